The van der Waals surface area contributed by atoms with Crippen molar-refractivity contribution in [2.45, 2.75) is 19.9 Å². The van der Waals surface area contributed by atoms with Crippen molar-refractivity contribution >= 4 is 40.3 Å². The van der Waals surface area contributed by atoms with Gasteiger partial charge < -0.3 is 16.0 Å². The third-order valence-corrected chi connectivity index (χ3v) is 4.51. The molecule has 0 radical (unpaired) electrons. The first kappa shape index (κ1) is 15.5. The molecule has 3 N–H and O–H groups in total. The fraction of sp³-hybridized carbons (Fsp3) is 0.286. The van der Waals surface area contributed by atoms with E-state index in [-0.39, 0.29) is 18.0 Å². The van der Waals surface area contributed by atoms with Crippen LogP contribution >= 0.6 is 22.7 Å². The summed E-state index contributed by atoms with van der Waals surface area (Å²) in [5.41, 5.74) is 1.58. The van der Waals surface area contributed by atoms with Crippen LogP contribution in [0.3, 0.4) is 0 Å². The summed E-state index contributed by atoms with van der Waals surface area (Å²) in [5.74, 6) is -0.178. The highest BCUT2D eigenvalue weighted by Gasteiger charge is 2.19. The predicted molar refractivity (Wildman–Crippen MR) is 88.3 cm³/mol. The molecule has 0 bridgehead atoms. The summed E-state index contributed by atoms with van der Waals surface area (Å²) in [6.07, 6.45) is 0. The molecule has 0 saturated heterocycles. The molecule has 0 fully saturated rings. The number of hydrogen-bond acceptors (Lipinski definition) is 4. The highest BCUT2D eigenvalue weighted by molar-refractivity contribution is 7.18. The minimum absolute atomic E-state index is 0.0389. The van der Waals surface area contributed by atoms with Gasteiger partial charge in [0.1, 0.15) is 4.88 Å². The van der Waals surface area contributed by atoms with E-state index in [9.17, 15) is 9.59 Å². The number of rotatable bonds is 4. The third-order valence-electron chi connectivity index (χ3n) is 2.64. The van der Waals surface area contributed by atoms with Crippen molar-refractivity contribution < 1.29 is 9.59 Å². The number of anilines is 1. The third kappa shape index (κ3) is 3.83. The van der Waals surface area contributed by atoms with E-state index in [0.29, 0.717) is 10.6 Å². The monoisotopic (exact) mass is 323 g/mol. The topological polar surface area (TPSA) is 70.2 Å². The Morgan fingerprint density at radius 2 is 2.05 bits per heavy atom. The van der Waals surface area contributed by atoms with Gasteiger partial charge >= 0.3 is 6.03 Å². The quantitative estimate of drug-likeness (QED) is 0.807. The molecule has 7 heteroatoms. The van der Waals surface area contributed by atoms with Crippen LogP contribution in [0.15, 0.2) is 22.9 Å². The highest BCUT2D eigenvalue weighted by Crippen LogP contribution is 2.35. The fourth-order valence-electron chi connectivity index (χ4n) is 1.71. The van der Waals surface area contributed by atoms with E-state index >= 15 is 0 Å². The summed E-state index contributed by atoms with van der Waals surface area (Å²) >= 11 is 2.97. The first-order chi connectivity index (χ1) is 10.0. The van der Waals surface area contributed by atoms with Gasteiger partial charge in [0, 0.05) is 23.5 Å². The Morgan fingerprint density at radius 3 is 2.62 bits per heavy atom. The number of urea groups is 1. The van der Waals surface area contributed by atoms with Gasteiger partial charge in [-0.1, -0.05) is 0 Å². The van der Waals surface area contributed by atoms with Gasteiger partial charge in [0.2, 0.25) is 0 Å². The normalized spacial score (nSPS) is 10.5. The Kier molecular flexibility index (Phi) is 4.98. The molecule has 0 unspecified atom stereocenters. The van der Waals surface area contributed by atoms with E-state index in [4.69, 9.17) is 0 Å². The maximum atomic E-state index is 12.3. The zero-order valence-electron chi connectivity index (χ0n) is 12.0. The molecule has 2 aromatic rings. The van der Waals surface area contributed by atoms with Crippen molar-refractivity contribution in [2.75, 3.05) is 12.4 Å². The van der Waals surface area contributed by atoms with Crippen molar-refractivity contribution in [3.8, 4) is 10.4 Å². The minimum atomic E-state index is -0.344. The summed E-state index contributed by atoms with van der Waals surface area (Å²) in [6.45, 7) is 3.80. The second kappa shape index (κ2) is 6.73. The summed E-state index contributed by atoms with van der Waals surface area (Å²) in [4.78, 5) is 25.2. The van der Waals surface area contributed by atoms with Crippen molar-refractivity contribution in [3.05, 3.63) is 27.8 Å². The molecular formula is C14H17N3O2S2. The van der Waals surface area contributed by atoms with Crippen molar-refractivity contribution in [3.63, 3.8) is 0 Å². The molecule has 5 nitrogen and oxygen atoms in total. The van der Waals surface area contributed by atoms with E-state index in [1.165, 1.54) is 18.4 Å². The van der Waals surface area contributed by atoms with Crippen LogP contribution in [0.25, 0.3) is 10.4 Å². The van der Waals surface area contributed by atoms with Gasteiger partial charge in [0.15, 0.2) is 0 Å². The molecule has 0 aliphatic rings. The molecule has 2 heterocycles. The average Bonchev–Trinajstić information content (AvgIpc) is 3.05. The smallest absolute Gasteiger partial charge is 0.319 e. The molecule has 0 atom stereocenters. The van der Waals surface area contributed by atoms with E-state index in [2.05, 4.69) is 16.0 Å². The molecule has 21 heavy (non-hydrogen) atoms. The van der Waals surface area contributed by atoms with Crippen molar-refractivity contribution in [1.29, 1.82) is 0 Å². The molecule has 2 rings (SSSR count). The molecule has 0 saturated carbocycles. The van der Waals surface area contributed by atoms with Gasteiger partial charge in [-0.05, 0) is 36.7 Å². The second-order valence-electron chi connectivity index (χ2n) is 4.70. The molecular weight excluding hydrogens is 306 g/mol. The molecule has 0 aromatic carbocycles. The van der Waals surface area contributed by atoms with Crippen LogP contribution < -0.4 is 16.0 Å². The van der Waals surface area contributed by atoms with Gasteiger partial charge in [-0.3, -0.25) is 4.79 Å². The number of carbonyl (C=O) groups excluding carboxylic acids is 2. The van der Waals surface area contributed by atoms with Gasteiger partial charge in [-0.25, -0.2) is 4.79 Å². The van der Waals surface area contributed by atoms with E-state index in [1.54, 1.807) is 11.3 Å². The SMILES string of the molecule is CNC(=O)Nc1cc(-c2ccsc2)sc1C(=O)NC(C)C. The number of thiophene rings is 2. The zero-order chi connectivity index (χ0) is 15.4. The maximum absolute atomic E-state index is 12.3. The second-order valence-corrected chi connectivity index (χ2v) is 6.53. The fourth-order valence-corrected chi connectivity index (χ4v) is 3.46. The predicted octanol–water partition coefficient (Wildman–Crippen LogP) is 3.37. The van der Waals surface area contributed by atoms with Gasteiger partial charge in [-0.15, -0.1) is 11.3 Å². The number of nitrogens with one attached hydrogen (secondary N) is 3. The largest absolute Gasteiger partial charge is 0.349 e. The number of amides is 3. The van der Waals surface area contributed by atoms with Gasteiger partial charge in [0.25, 0.3) is 5.91 Å². The van der Waals surface area contributed by atoms with Crippen LogP contribution in [0.5, 0.6) is 0 Å². The lowest BCUT2D eigenvalue weighted by atomic mass is 10.2. The molecule has 2 aromatic heterocycles. The van der Waals surface area contributed by atoms with Crippen molar-refractivity contribution in [2.24, 2.45) is 0 Å². The maximum Gasteiger partial charge on any atom is 0.319 e. The van der Waals surface area contributed by atoms with Crippen molar-refractivity contribution in [1.82, 2.24) is 10.6 Å². The molecule has 0 aliphatic heterocycles. The summed E-state index contributed by atoms with van der Waals surface area (Å²) < 4.78 is 0. The van der Waals surface area contributed by atoms with Crippen LogP contribution in [0.4, 0.5) is 10.5 Å². The summed E-state index contributed by atoms with van der Waals surface area (Å²) in [6, 6.07) is 3.52. The average molecular weight is 323 g/mol. The minimum Gasteiger partial charge on any atom is -0.349 e. The van der Waals surface area contributed by atoms with E-state index in [1.807, 2.05) is 36.7 Å². The zero-order valence-corrected chi connectivity index (χ0v) is 13.7. The molecule has 0 aliphatic carbocycles. The first-order valence-corrected chi connectivity index (χ1v) is 8.23. The Hall–Kier alpha value is -1.86. The standard InChI is InChI=1S/C14H17N3O2S2/c1-8(2)16-13(18)12-10(17-14(19)15-3)6-11(21-12)9-4-5-20-7-9/h4-8H,1-3H3,(H,16,18)(H2,15,17,19). The Bertz CT molecular complexity index is 633. The Morgan fingerprint density at radius 1 is 1.29 bits per heavy atom. The first-order valence-electron chi connectivity index (χ1n) is 6.47. The van der Waals surface area contributed by atoms with E-state index in [0.717, 1.165) is 10.4 Å². The lowest BCUT2D eigenvalue weighted by molar-refractivity contribution is 0.0948. The van der Waals surface area contributed by atoms with Gasteiger partial charge in [0.05, 0.1) is 5.69 Å². The Labute approximate surface area is 131 Å². The highest BCUT2D eigenvalue weighted by atomic mass is 32.1. The molecule has 3 amide bonds. The molecule has 0 spiro atoms. The summed E-state index contributed by atoms with van der Waals surface area (Å²) in [5, 5.41) is 12.0. The van der Waals surface area contributed by atoms with Crippen LogP contribution in [0.1, 0.15) is 23.5 Å². The van der Waals surface area contributed by atoms with Crippen LogP contribution in [0.2, 0.25) is 0 Å². The number of carbonyl (C=O) groups is 2. The van der Waals surface area contributed by atoms with Crippen LogP contribution in [-0.4, -0.2) is 25.0 Å². The van der Waals surface area contributed by atoms with Crippen LogP contribution in [0, 0.1) is 0 Å². The van der Waals surface area contributed by atoms with Gasteiger partial charge in [-0.2, -0.15) is 11.3 Å². The molecule has 112 valence electrons. The lowest BCUT2D eigenvalue weighted by Gasteiger charge is -2.09. The number of hydrogen-bond donors (Lipinski definition) is 3. The van der Waals surface area contributed by atoms with Crippen LogP contribution in [-0.2, 0) is 0 Å². The van der Waals surface area contributed by atoms with E-state index < -0.39 is 0 Å². The lowest BCUT2D eigenvalue weighted by Crippen LogP contribution is -2.31. The summed E-state index contributed by atoms with van der Waals surface area (Å²) in [7, 11) is 1.54. The Balaban J connectivity index is 2.35.